The van der Waals surface area contributed by atoms with E-state index < -0.39 is 31.1 Å². The number of aryl methyl sites for hydroxylation is 1. The van der Waals surface area contributed by atoms with Crippen molar-refractivity contribution >= 4 is 28.9 Å². The topological polar surface area (TPSA) is 114 Å². The molecule has 2 aromatic heterocycles. The van der Waals surface area contributed by atoms with E-state index in [9.17, 15) is 15.3 Å². The second-order valence-corrected chi connectivity index (χ2v) is 7.87. The molecule has 0 spiro atoms. The monoisotopic (exact) mass is 414 g/mol. The molecule has 4 atom stereocenters. The fraction of sp³-hybridized carbons (Fsp3) is 0.350. The van der Waals surface area contributed by atoms with Crippen LogP contribution in [0.4, 0.5) is 0 Å². The van der Waals surface area contributed by atoms with E-state index in [-0.39, 0.29) is 0 Å². The van der Waals surface area contributed by atoms with Crippen LogP contribution in [0, 0.1) is 6.92 Å². The van der Waals surface area contributed by atoms with Crippen LogP contribution in [-0.4, -0.2) is 65.7 Å². The van der Waals surface area contributed by atoms with E-state index in [1.54, 1.807) is 18.0 Å². The lowest BCUT2D eigenvalue weighted by Crippen LogP contribution is -2.33. The Kier molecular flexibility index (Phi) is 5.93. The number of nitrogens with zero attached hydrogens (tertiary/aromatic N) is 4. The van der Waals surface area contributed by atoms with E-state index in [0.29, 0.717) is 5.65 Å². The van der Waals surface area contributed by atoms with E-state index in [4.69, 9.17) is 4.74 Å². The van der Waals surface area contributed by atoms with Gasteiger partial charge in [-0.15, -0.1) is 11.8 Å². The Morgan fingerprint density at radius 2 is 1.97 bits per heavy atom. The molecule has 1 aliphatic rings. The first-order valence-electron chi connectivity index (χ1n) is 9.25. The summed E-state index contributed by atoms with van der Waals surface area (Å²) in [6.45, 7) is 1.67. The Labute approximate surface area is 171 Å². The number of aliphatic hydroxyl groups excluding tert-OH is 3. The van der Waals surface area contributed by atoms with Crippen molar-refractivity contribution in [3.63, 3.8) is 0 Å². The van der Waals surface area contributed by atoms with Crippen LogP contribution >= 0.6 is 11.8 Å². The molecular weight excluding hydrogens is 392 g/mol. The maximum atomic E-state index is 10.3. The molecule has 0 amide bonds. The molecule has 9 heteroatoms. The molecule has 0 radical (unpaired) electrons. The molecule has 3 N–H and O–H groups in total. The molecule has 3 aromatic rings. The van der Waals surface area contributed by atoms with Gasteiger partial charge in [0, 0.05) is 5.75 Å². The lowest BCUT2D eigenvalue weighted by molar-refractivity contribution is -0.0566. The molecule has 1 saturated heterocycles. The van der Waals surface area contributed by atoms with Gasteiger partial charge in [0.25, 0.3) is 0 Å². The number of benzene rings is 1. The largest absolute Gasteiger partial charge is 0.394 e. The molecule has 0 saturated carbocycles. The van der Waals surface area contributed by atoms with Gasteiger partial charge in [0.05, 0.1) is 18.2 Å². The number of aliphatic hydroxyl groups is 3. The van der Waals surface area contributed by atoms with Crippen molar-refractivity contribution in [1.29, 1.82) is 0 Å². The Morgan fingerprint density at radius 3 is 2.69 bits per heavy atom. The highest BCUT2D eigenvalue weighted by molar-refractivity contribution is 7.99. The summed E-state index contributed by atoms with van der Waals surface area (Å²) in [7, 11) is 0. The van der Waals surface area contributed by atoms with Crippen LogP contribution in [0.2, 0.25) is 0 Å². The molecule has 1 fully saturated rings. The number of thioether (sulfide) groups is 1. The van der Waals surface area contributed by atoms with Crippen LogP contribution < -0.4 is 0 Å². The fourth-order valence-electron chi connectivity index (χ4n) is 3.21. The van der Waals surface area contributed by atoms with E-state index in [0.717, 1.165) is 21.7 Å². The first kappa shape index (κ1) is 20.0. The highest BCUT2D eigenvalue weighted by Gasteiger charge is 2.44. The summed E-state index contributed by atoms with van der Waals surface area (Å²) < 4.78 is 6.98. The van der Waals surface area contributed by atoms with Gasteiger partial charge in [-0.2, -0.15) is 5.10 Å². The van der Waals surface area contributed by atoms with Gasteiger partial charge >= 0.3 is 0 Å². The second kappa shape index (κ2) is 8.60. The van der Waals surface area contributed by atoms with E-state index in [1.807, 2.05) is 0 Å². The van der Waals surface area contributed by atoms with Crippen molar-refractivity contribution in [1.82, 2.24) is 19.7 Å². The van der Waals surface area contributed by atoms with Crippen LogP contribution in [-0.2, 0) is 4.74 Å². The average molecular weight is 414 g/mol. The van der Waals surface area contributed by atoms with Crippen LogP contribution in [0.1, 0.15) is 17.4 Å². The number of ether oxygens (including phenoxy) is 1. The van der Waals surface area contributed by atoms with Gasteiger partial charge in [-0.25, -0.2) is 14.6 Å². The minimum atomic E-state index is -1.21. The van der Waals surface area contributed by atoms with Crippen LogP contribution in [0.25, 0.3) is 17.1 Å². The highest BCUT2D eigenvalue weighted by atomic mass is 32.2. The van der Waals surface area contributed by atoms with Crippen molar-refractivity contribution < 1.29 is 20.1 Å². The first-order valence-corrected chi connectivity index (χ1v) is 10.2. The van der Waals surface area contributed by atoms with Crippen molar-refractivity contribution in [2.75, 3.05) is 12.4 Å². The molecule has 8 nitrogen and oxygen atoms in total. The summed E-state index contributed by atoms with van der Waals surface area (Å²) in [5.41, 5.74) is 2.87. The molecule has 0 bridgehead atoms. The Bertz CT molecular complexity index is 1010. The number of fused-ring (bicyclic) bond motifs is 1. The molecular formula is C20H22N4O4S. The minimum absolute atomic E-state index is 0.392. The summed E-state index contributed by atoms with van der Waals surface area (Å²) in [6.07, 6.45) is 3.01. The third kappa shape index (κ3) is 4.05. The molecule has 4 rings (SSSR count). The molecule has 1 aliphatic heterocycles. The summed E-state index contributed by atoms with van der Waals surface area (Å²) >= 11 is 1.55. The van der Waals surface area contributed by atoms with Gasteiger partial charge in [0.1, 0.15) is 29.7 Å². The number of aromatic nitrogens is 4. The highest BCUT2D eigenvalue weighted by Crippen LogP contribution is 2.32. The number of hydrogen-bond donors (Lipinski definition) is 3. The lowest BCUT2D eigenvalue weighted by atomic mass is 10.1. The van der Waals surface area contributed by atoms with Crippen LogP contribution in [0.5, 0.6) is 0 Å². The van der Waals surface area contributed by atoms with Gasteiger partial charge < -0.3 is 20.1 Å². The molecule has 3 heterocycles. The maximum Gasteiger partial charge on any atom is 0.181 e. The van der Waals surface area contributed by atoms with Crippen molar-refractivity contribution in [2.45, 2.75) is 36.5 Å². The van der Waals surface area contributed by atoms with E-state index >= 15 is 0 Å². The van der Waals surface area contributed by atoms with Gasteiger partial charge in [0.15, 0.2) is 11.9 Å². The van der Waals surface area contributed by atoms with Gasteiger partial charge in [-0.1, -0.05) is 42.0 Å². The van der Waals surface area contributed by atoms with Gasteiger partial charge in [0.2, 0.25) is 0 Å². The third-order valence-corrected chi connectivity index (χ3v) is 5.77. The summed E-state index contributed by atoms with van der Waals surface area (Å²) in [6, 6.07) is 8.30. The lowest BCUT2D eigenvalue weighted by Gasteiger charge is -2.15. The maximum absolute atomic E-state index is 10.3. The van der Waals surface area contributed by atoms with Crippen molar-refractivity contribution in [2.24, 2.45) is 0 Å². The predicted octanol–water partition coefficient (Wildman–Crippen LogP) is 1.55. The SMILES string of the molecule is Cc1ccc(/C=C/CSc2ncnc3c2cnn3C2OC(CO)C(O)C2O)cc1. The standard InChI is InChI=1S/C20H22N4O4S/c1-12-4-6-13(7-5-12)3-2-8-29-19-14-9-23-24(18(14)21-11-22-19)20-17(27)16(26)15(10-25)28-20/h2-7,9,11,15-17,20,25-27H,8,10H2,1H3/b3-2+. The van der Waals surface area contributed by atoms with Gasteiger partial charge in [-0.3, -0.25) is 0 Å². The van der Waals surface area contributed by atoms with E-state index in [1.165, 1.54) is 16.6 Å². The second-order valence-electron chi connectivity index (χ2n) is 6.86. The Hall–Kier alpha value is -2.30. The Balaban J connectivity index is 1.50. The predicted molar refractivity (Wildman–Crippen MR) is 109 cm³/mol. The summed E-state index contributed by atoms with van der Waals surface area (Å²) in [5, 5.41) is 35.3. The first-order chi connectivity index (χ1) is 14.1. The summed E-state index contributed by atoms with van der Waals surface area (Å²) in [5.74, 6) is 0.721. The molecule has 0 aliphatic carbocycles. The fourth-order valence-corrected chi connectivity index (χ4v) is 3.98. The van der Waals surface area contributed by atoms with Crippen LogP contribution in [0.15, 0.2) is 47.9 Å². The van der Waals surface area contributed by atoms with Gasteiger partial charge in [-0.05, 0) is 12.5 Å². The van der Waals surface area contributed by atoms with Crippen LogP contribution in [0.3, 0.4) is 0 Å². The van der Waals surface area contributed by atoms with Crippen molar-refractivity contribution in [3.05, 3.63) is 54.0 Å². The number of rotatable bonds is 6. The quantitative estimate of drug-likeness (QED) is 0.411. The van der Waals surface area contributed by atoms with E-state index in [2.05, 4.69) is 58.4 Å². The smallest absolute Gasteiger partial charge is 0.181 e. The Morgan fingerprint density at radius 1 is 1.17 bits per heavy atom. The minimum Gasteiger partial charge on any atom is -0.394 e. The summed E-state index contributed by atoms with van der Waals surface area (Å²) in [4.78, 5) is 8.60. The normalized spacial score (nSPS) is 24.7. The zero-order valence-electron chi connectivity index (χ0n) is 15.8. The van der Waals surface area contributed by atoms with Crippen molar-refractivity contribution in [3.8, 4) is 0 Å². The zero-order valence-corrected chi connectivity index (χ0v) is 16.6. The third-order valence-electron chi connectivity index (χ3n) is 4.82. The molecule has 1 aromatic carbocycles. The molecule has 29 heavy (non-hydrogen) atoms. The molecule has 152 valence electrons. The zero-order chi connectivity index (χ0) is 20.4. The molecule has 4 unspecified atom stereocenters. The average Bonchev–Trinajstić information content (AvgIpc) is 3.28. The number of hydrogen-bond acceptors (Lipinski definition) is 8.